The van der Waals surface area contributed by atoms with E-state index >= 15 is 0 Å². The Morgan fingerprint density at radius 3 is 2.57 bits per heavy atom. The quantitative estimate of drug-likeness (QED) is 0.679. The Kier molecular flexibility index (Phi) is 5.07. The van der Waals surface area contributed by atoms with Gasteiger partial charge in [0.1, 0.15) is 5.75 Å². The molecule has 0 saturated heterocycles. The van der Waals surface area contributed by atoms with E-state index in [0.29, 0.717) is 16.3 Å². The van der Waals surface area contributed by atoms with Crippen LogP contribution in [0.2, 0.25) is 5.02 Å². The van der Waals surface area contributed by atoms with Gasteiger partial charge in [0.05, 0.1) is 5.02 Å². The number of carbonyl (C=O) groups is 1. The lowest BCUT2D eigenvalue weighted by Crippen LogP contribution is -2.24. The summed E-state index contributed by atoms with van der Waals surface area (Å²) >= 11 is 9.45. The van der Waals surface area contributed by atoms with Gasteiger partial charge >= 0.3 is 0 Å². The molecule has 21 heavy (non-hydrogen) atoms. The molecule has 2 aromatic rings. The molecule has 0 N–H and O–H groups in total. The molecule has 0 aromatic heterocycles. The van der Waals surface area contributed by atoms with Crippen molar-refractivity contribution in [3.05, 3.63) is 62.6 Å². The SMILES string of the molecule is Cc1ccc(C)c(C(=O)C(C)Oc2ccc(Br)cc2Cl)c1. The Morgan fingerprint density at radius 2 is 1.90 bits per heavy atom. The second-order valence-corrected chi connectivity index (χ2v) is 6.34. The summed E-state index contributed by atoms with van der Waals surface area (Å²) in [7, 11) is 0. The van der Waals surface area contributed by atoms with Crippen molar-refractivity contribution in [2.45, 2.75) is 26.9 Å². The van der Waals surface area contributed by atoms with Gasteiger partial charge < -0.3 is 4.74 Å². The number of ketones is 1. The van der Waals surface area contributed by atoms with E-state index in [4.69, 9.17) is 16.3 Å². The number of benzene rings is 2. The van der Waals surface area contributed by atoms with Crippen LogP contribution >= 0.6 is 27.5 Å². The van der Waals surface area contributed by atoms with Crippen molar-refractivity contribution in [3.8, 4) is 5.75 Å². The fourth-order valence-corrected chi connectivity index (χ4v) is 2.75. The number of halogens is 2. The highest BCUT2D eigenvalue weighted by Crippen LogP contribution is 2.29. The van der Waals surface area contributed by atoms with E-state index in [2.05, 4.69) is 15.9 Å². The van der Waals surface area contributed by atoms with Crippen molar-refractivity contribution >= 4 is 33.3 Å². The molecule has 0 saturated carbocycles. The van der Waals surface area contributed by atoms with Gasteiger partial charge in [-0.3, -0.25) is 4.79 Å². The van der Waals surface area contributed by atoms with Gasteiger partial charge in [-0.1, -0.05) is 45.2 Å². The minimum Gasteiger partial charge on any atom is -0.481 e. The fraction of sp³-hybridized carbons (Fsp3) is 0.235. The summed E-state index contributed by atoms with van der Waals surface area (Å²) in [5.74, 6) is 0.459. The molecule has 0 spiro atoms. The number of ether oxygens (including phenoxy) is 1. The molecule has 110 valence electrons. The Morgan fingerprint density at radius 1 is 1.19 bits per heavy atom. The van der Waals surface area contributed by atoms with Crippen LogP contribution in [0, 0.1) is 13.8 Å². The van der Waals surface area contributed by atoms with E-state index in [-0.39, 0.29) is 5.78 Å². The number of Topliss-reactive ketones (excluding diaryl/α,β-unsaturated/α-hetero) is 1. The van der Waals surface area contributed by atoms with E-state index < -0.39 is 6.10 Å². The van der Waals surface area contributed by atoms with Crippen molar-refractivity contribution in [1.29, 1.82) is 0 Å². The van der Waals surface area contributed by atoms with Crippen LogP contribution in [0.15, 0.2) is 40.9 Å². The lowest BCUT2D eigenvalue weighted by molar-refractivity contribution is 0.0817. The van der Waals surface area contributed by atoms with E-state index in [1.54, 1.807) is 19.1 Å². The Hall–Kier alpha value is -1.32. The molecule has 1 unspecified atom stereocenters. The summed E-state index contributed by atoms with van der Waals surface area (Å²) in [5.41, 5.74) is 2.69. The Labute approximate surface area is 138 Å². The monoisotopic (exact) mass is 366 g/mol. The summed E-state index contributed by atoms with van der Waals surface area (Å²) in [6, 6.07) is 11.1. The van der Waals surface area contributed by atoms with Gasteiger partial charge in [0.2, 0.25) is 5.78 Å². The zero-order chi connectivity index (χ0) is 15.6. The first-order valence-corrected chi connectivity index (χ1v) is 7.78. The van der Waals surface area contributed by atoms with Crippen LogP contribution in [-0.2, 0) is 0 Å². The van der Waals surface area contributed by atoms with E-state index in [9.17, 15) is 4.79 Å². The average Bonchev–Trinajstić information content (AvgIpc) is 2.43. The number of hydrogen-bond donors (Lipinski definition) is 0. The smallest absolute Gasteiger partial charge is 0.203 e. The molecule has 2 aromatic carbocycles. The Bertz CT molecular complexity index is 682. The second kappa shape index (κ2) is 6.63. The second-order valence-electron chi connectivity index (χ2n) is 5.02. The number of aryl methyl sites for hydroxylation is 2. The molecular formula is C17H16BrClO2. The molecule has 0 amide bonds. The number of carbonyl (C=O) groups excluding carboxylic acids is 1. The largest absolute Gasteiger partial charge is 0.481 e. The van der Waals surface area contributed by atoms with Gasteiger partial charge in [-0.05, 0) is 50.6 Å². The minimum atomic E-state index is -0.593. The van der Waals surface area contributed by atoms with Gasteiger partial charge in [-0.25, -0.2) is 0 Å². The van der Waals surface area contributed by atoms with Crippen molar-refractivity contribution in [1.82, 2.24) is 0 Å². The normalized spacial score (nSPS) is 12.0. The maximum absolute atomic E-state index is 12.5. The average molecular weight is 368 g/mol. The van der Waals surface area contributed by atoms with Gasteiger partial charge in [0, 0.05) is 10.0 Å². The van der Waals surface area contributed by atoms with Crippen LogP contribution in [0.4, 0.5) is 0 Å². The topological polar surface area (TPSA) is 26.3 Å². The molecule has 2 rings (SSSR count). The van der Waals surface area contributed by atoms with E-state index in [1.807, 2.05) is 38.1 Å². The highest BCUT2D eigenvalue weighted by Gasteiger charge is 2.20. The molecule has 0 heterocycles. The van der Waals surface area contributed by atoms with Crippen LogP contribution < -0.4 is 4.74 Å². The molecule has 0 fully saturated rings. The third kappa shape index (κ3) is 3.86. The molecular weight excluding hydrogens is 352 g/mol. The third-order valence-corrected chi connectivity index (χ3v) is 4.01. The first-order chi connectivity index (χ1) is 9.88. The molecule has 0 aliphatic rings. The predicted octanol–water partition coefficient (Wildman–Crippen LogP) is 5.37. The van der Waals surface area contributed by atoms with Crippen LogP contribution in [0.3, 0.4) is 0 Å². The van der Waals surface area contributed by atoms with Gasteiger partial charge in [-0.15, -0.1) is 0 Å². The number of hydrogen-bond acceptors (Lipinski definition) is 2. The molecule has 0 aliphatic heterocycles. The van der Waals surface area contributed by atoms with Crippen LogP contribution in [-0.4, -0.2) is 11.9 Å². The highest BCUT2D eigenvalue weighted by molar-refractivity contribution is 9.10. The molecule has 0 bridgehead atoms. The van der Waals surface area contributed by atoms with Crippen LogP contribution in [0.5, 0.6) is 5.75 Å². The lowest BCUT2D eigenvalue weighted by Gasteiger charge is -2.16. The molecule has 4 heteroatoms. The zero-order valence-electron chi connectivity index (χ0n) is 12.1. The summed E-state index contributed by atoms with van der Waals surface area (Å²) in [5, 5.41) is 0.477. The molecule has 2 nitrogen and oxygen atoms in total. The molecule has 1 atom stereocenters. The first kappa shape index (κ1) is 16.1. The summed E-state index contributed by atoms with van der Waals surface area (Å²) in [4.78, 5) is 12.5. The van der Waals surface area contributed by atoms with Crippen molar-refractivity contribution in [2.24, 2.45) is 0 Å². The standard InChI is InChI=1S/C17H16BrClO2/c1-10-4-5-11(2)14(8-10)17(20)12(3)21-16-7-6-13(18)9-15(16)19/h4-9,12H,1-3H3. The maximum atomic E-state index is 12.5. The highest BCUT2D eigenvalue weighted by atomic mass is 79.9. The van der Waals surface area contributed by atoms with Crippen molar-refractivity contribution in [3.63, 3.8) is 0 Å². The van der Waals surface area contributed by atoms with Gasteiger partial charge in [0.25, 0.3) is 0 Å². The summed E-state index contributed by atoms with van der Waals surface area (Å²) in [6.07, 6.45) is -0.593. The van der Waals surface area contributed by atoms with Crippen molar-refractivity contribution in [2.75, 3.05) is 0 Å². The van der Waals surface area contributed by atoms with Crippen LogP contribution in [0.25, 0.3) is 0 Å². The summed E-state index contributed by atoms with van der Waals surface area (Å²) in [6.45, 7) is 5.63. The van der Waals surface area contributed by atoms with Gasteiger partial charge in [0.15, 0.2) is 6.10 Å². The third-order valence-electron chi connectivity index (χ3n) is 3.23. The zero-order valence-corrected chi connectivity index (χ0v) is 14.5. The van der Waals surface area contributed by atoms with Crippen LogP contribution in [0.1, 0.15) is 28.4 Å². The maximum Gasteiger partial charge on any atom is 0.203 e. The predicted molar refractivity (Wildman–Crippen MR) is 89.5 cm³/mol. The van der Waals surface area contributed by atoms with E-state index in [1.165, 1.54) is 0 Å². The van der Waals surface area contributed by atoms with Gasteiger partial charge in [-0.2, -0.15) is 0 Å². The fourth-order valence-electron chi connectivity index (χ4n) is 2.04. The number of rotatable bonds is 4. The Balaban J connectivity index is 2.21. The molecule has 0 radical (unpaired) electrons. The first-order valence-electron chi connectivity index (χ1n) is 6.61. The minimum absolute atomic E-state index is 0.0461. The lowest BCUT2D eigenvalue weighted by atomic mass is 9.99. The molecule has 0 aliphatic carbocycles. The van der Waals surface area contributed by atoms with Crippen molar-refractivity contribution < 1.29 is 9.53 Å². The summed E-state index contributed by atoms with van der Waals surface area (Å²) < 4.78 is 6.58. The van der Waals surface area contributed by atoms with E-state index in [0.717, 1.165) is 15.6 Å².